The minimum absolute atomic E-state index is 0.0956. The quantitative estimate of drug-likeness (QED) is 0.0430. The van der Waals surface area contributed by atoms with E-state index in [1.54, 1.807) is 30.6 Å². The molecule has 11 nitrogen and oxygen atoms in total. The van der Waals surface area contributed by atoms with Crippen LogP contribution in [0, 0.1) is 11.8 Å². The van der Waals surface area contributed by atoms with Gasteiger partial charge in [0.05, 0.1) is 17.3 Å². The van der Waals surface area contributed by atoms with Crippen LogP contribution >= 0.6 is 0 Å². The Labute approximate surface area is 357 Å². The van der Waals surface area contributed by atoms with Crippen LogP contribution in [0.1, 0.15) is 137 Å². The molecule has 1 N–H and O–H groups in total. The van der Waals surface area contributed by atoms with Gasteiger partial charge in [0.1, 0.15) is 24.0 Å². The zero-order valence-electron chi connectivity index (χ0n) is 36.0. The van der Waals surface area contributed by atoms with Crippen LogP contribution in [-0.4, -0.2) is 63.7 Å². The Balaban J connectivity index is 1.58. The topological polar surface area (TPSA) is 133 Å². The zero-order valence-corrected chi connectivity index (χ0v) is 36.0. The number of nitrogens with one attached hydrogen (secondary N) is 1. The maximum atomic E-state index is 14.4. The number of alkyl halides is 4. The van der Waals surface area contributed by atoms with Crippen LogP contribution in [-0.2, 0) is 19.1 Å². The molecule has 1 saturated heterocycles. The second-order valence-corrected chi connectivity index (χ2v) is 16.2. The molecule has 15 heteroatoms. The summed E-state index contributed by atoms with van der Waals surface area (Å²) in [5, 5.41) is 2.77. The summed E-state index contributed by atoms with van der Waals surface area (Å²) >= 11 is 0. The van der Waals surface area contributed by atoms with Gasteiger partial charge in [-0.3, -0.25) is 9.78 Å². The van der Waals surface area contributed by atoms with Gasteiger partial charge >= 0.3 is 30.5 Å². The number of cyclic esters (lactones) is 1. The SMILES string of the molecule is CCCCCCCCCCC[C@@H](C[C@@H]1OC(=O)[C@H]1CCCCCC)OC(=O)[C@H](CC(C)C)NC(=O)N(c1cccc(OC(F)(F)C(F)F)c1)c1nccc(-c2ccncc2)n1. The Kier molecular flexibility index (Phi) is 20.2. The van der Waals surface area contributed by atoms with E-state index in [4.69, 9.17) is 9.47 Å². The van der Waals surface area contributed by atoms with Gasteiger partial charge in [-0.25, -0.2) is 24.5 Å². The van der Waals surface area contributed by atoms with Gasteiger partial charge in [0, 0.05) is 36.6 Å². The van der Waals surface area contributed by atoms with Crippen LogP contribution in [0.4, 0.5) is 34.0 Å². The number of hydrogen-bond acceptors (Lipinski definition) is 9. The van der Waals surface area contributed by atoms with Crippen LogP contribution < -0.4 is 15.0 Å². The predicted molar refractivity (Wildman–Crippen MR) is 226 cm³/mol. The van der Waals surface area contributed by atoms with Crippen molar-refractivity contribution in [2.75, 3.05) is 4.90 Å². The van der Waals surface area contributed by atoms with E-state index in [1.165, 1.54) is 50.4 Å². The first kappa shape index (κ1) is 48.8. The molecule has 2 aromatic heterocycles. The fourth-order valence-electron chi connectivity index (χ4n) is 7.37. The van der Waals surface area contributed by atoms with E-state index in [9.17, 15) is 31.9 Å². The number of anilines is 2. The van der Waals surface area contributed by atoms with E-state index in [0.29, 0.717) is 30.5 Å². The lowest BCUT2D eigenvalue weighted by atomic mass is 9.86. The zero-order chi connectivity index (χ0) is 44.2. The van der Waals surface area contributed by atoms with E-state index >= 15 is 0 Å². The standard InChI is InChI=1S/C46H63F4N5O6/c1-5-7-9-11-12-13-14-15-16-20-35(31-40-37(41(56)60-40)22-17-10-8-6-2)59-42(57)39(29-32(3)4)54-45(58)55(34-19-18-21-36(30-34)61-46(49,50)43(47)48)44-52-28-25-38(53-44)33-23-26-51-27-24-33/h18-19,21,23-28,30,32,35,37,39-40,43H,5-17,20,22,29,31H2,1-4H3,(H,54,58)/t35-,37-,39-,40-/m0/s1. The van der Waals surface area contributed by atoms with Crippen LogP contribution in [0.25, 0.3) is 11.3 Å². The number of rotatable bonds is 28. The van der Waals surface area contributed by atoms with Gasteiger partial charge in [0.2, 0.25) is 5.95 Å². The molecule has 61 heavy (non-hydrogen) atoms. The molecule has 1 aliphatic rings. The summed E-state index contributed by atoms with van der Waals surface area (Å²) in [5.41, 5.74) is 0.913. The number of carbonyl (C=O) groups is 3. The lowest BCUT2D eigenvalue weighted by Crippen LogP contribution is -2.50. The Hall–Kier alpha value is -4.82. The smallest absolute Gasteiger partial charge is 0.461 e. The molecule has 4 atom stereocenters. The van der Waals surface area contributed by atoms with Crippen LogP contribution in [0.5, 0.6) is 5.75 Å². The molecule has 4 rings (SSSR count). The fourth-order valence-corrected chi connectivity index (χ4v) is 7.37. The number of ether oxygens (including phenoxy) is 3. The number of aromatic nitrogens is 3. The van der Waals surface area contributed by atoms with Crippen molar-refractivity contribution in [1.82, 2.24) is 20.3 Å². The van der Waals surface area contributed by atoms with E-state index in [2.05, 4.69) is 38.9 Å². The Bertz CT molecular complexity index is 1790. The molecule has 0 bridgehead atoms. The summed E-state index contributed by atoms with van der Waals surface area (Å²) in [7, 11) is 0. The van der Waals surface area contributed by atoms with Crippen LogP contribution in [0.2, 0.25) is 0 Å². The highest BCUT2D eigenvalue weighted by Gasteiger charge is 2.45. The largest absolute Gasteiger partial charge is 0.461 e. The fraction of sp³-hybridized carbons (Fsp3) is 0.609. The van der Waals surface area contributed by atoms with Crippen LogP contribution in [0.3, 0.4) is 0 Å². The average molecular weight is 858 g/mol. The number of nitrogens with zero attached hydrogens (tertiary/aromatic N) is 4. The molecule has 0 aliphatic carbocycles. The van der Waals surface area contributed by atoms with Crippen molar-refractivity contribution in [1.29, 1.82) is 0 Å². The van der Waals surface area contributed by atoms with Gasteiger partial charge in [0.15, 0.2) is 0 Å². The van der Waals surface area contributed by atoms with E-state index in [-0.39, 0.29) is 42.0 Å². The molecule has 0 spiro atoms. The van der Waals surface area contributed by atoms with Crippen LogP contribution in [0.15, 0.2) is 61.1 Å². The number of amides is 2. The van der Waals surface area contributed by atoms with Crippen molar-refractivity contribution in [3.05, 3.63) is 61.1 Å². The molecule has 3 aromatic rings. The molecule has 0 radical (unpaired) electrons. The molecule has 3 heterocycles. The summed E-state index contributed by atoms with van der Waals surface area (Å²) in [6, 6.07) is 7.53. The molecule has 1 aromatic carbocycles. The summed E-state index contributed by atoms with van der Waals surface area (Å²) in [4.78, 5) is 55.0. The molecule has 336 valence electrons. The number of hydrogen-bond donors (Lipinski definition) is 1. The second-order valence-electron chi connectivity index (χ2n) is 16.2. The number of unbranched alkanes of at least 4 members (excludes halogenated alkanes) is 11. The average Bonchev–Trinajstić information content (AvgIpc) is 3.22. The Morgan fingerprint density at radius 1 is 0.885 bits per heavy atom. The van der Waals surface area contributed by atoms with E-state index < -0.39 is 42.4 Å². The van der Waals surface area contributed by atoms with Crippen molar-refractivity contribution in [3.63, 3.8) is 0 Å². The van der Waals surface area contributed by atoms with Gasteiger partial charge in [-0.15, -0.1) is 0 Å². The summed E-state index contributed by atoms with van der Waals surface area (Å²) in [5.74, 6) is -2.13. The monoisotopic (exact) mass is 857 g/mol. The predicted octanol–water partition coefficient (Wildman–Crippen LogP) is 11.8. The third-order valence-electron chi connectivity index (χ3n) is 10.7. The summed E-state index contributed by atoms with van der Waals surface area (Å²) < 4.78 is 70.4. The highest BCUT2D eigenvalue weighted by atomic mass is 19.3. The number of esters is 2. The molecule has 2 amide bonds. The van der Waals surface area contributed by atoms with Crippen molar-refractivity contribution >= 4 is 29.6 Å². The third kappa shape index (κ3) is 15.9. The molecule has 1 aliphatic heterocycles. The number of pyridine rings is 1. The Morgan fingerprint density at radius 2 is 1.54 bits per heavy atom. The Morgan fingerprint density at radius 3 is 2.18 bits per heavy atom. The minimum Gasteiger partial charge on any atom is -0.461 e. The molecule has 1 fully saturated rings. The highest BCUT2D eigenvalue weighted by Crippen LogP contribution is 2.34. The maximum absolute atomic E-state index is 14.4. The van der Waals surface area contributed by atoms with Gasteiger partial charge in [0.25, 0.3) is 0 Å². The number of halogens is 4. The highest BCUT2D eigenvalue weighted by molar-refractivity contribution is 6.00. The van der Waals surface area contributed by atoms with E-state index in [1.807, 2.05) is 13.8 Å². The van der Waals surface area contributed by atoms with Gasteiger partial charge in [-0.1, -0.05) is 111 Å². The molecular weight excluding hydrogens is 795 g/mol. The number of benzene rings is 1. The molecular formula is C46H63F4N5O6. The van der Waals surface area contributed by atoms with Crippen molar-refractivity contribution in [2.24, 2.45) is 11.8 Å². The molecule has 0 saturated carbocycles. The van der Waals surface area contributed by atoms with Crippen molar-refractivity contribution in [2.45, 2.75) is 168 Å². The lowest BCUT2D eigenvalue weighted by molar-refractivity contribution is -0.253. The van der Waals surface area contributed by atoms with E-state index in [0.717, 1.165) is 68.4 Å². The summed E-state index contributed by atoms with van der Waals surface area (Å²) in [6.07, 6.45) is 10.5. The van der Waals surface area contributed by atoms with Crippen molar-refractivity contribution in [3.8, 4) is 17.0 Å². The molecule has 0 unspecified atom stereocenters. The third-order valence-corrected chi connectivity index (χ3v) is 10.7. The first-order valence-electron chi connectivity index (χ1n) is 22.0. The normalized spacial score (nSPS) is 16.1. The first-order valence-corrected chi connectivity index (χ1v) is 22.0. The second kappa shape index (κ2) is 25.2. The summed E-state index contributed by atoms with van der Waals surface area (Å²) in [6.45, 7) is 8.09. The van der Waals surface area contributed by atoms with Gasteiger partial charge in [-0.05, 0) is 61.9 Å². The maximum Gasteiger partial charge on any atom is 0.461 e. The van der Waals surface area contributed by atoms with Gasteiger partial charge in [-0.2, -0.15) is 17.6 Å². The number of carbonyl (C=O) groups excluding carboxylic acids is 3. The lowest BCUT2D eigenvalue weighted by Gasteiger charge is -2.37. The number of urea groups is 1. The minimum atomic E-state index is -4.81. The first-order chi connectivity index (χ1) is 29.3. The van der Waals surface area contributed by atoms with Crippen molar-refractivity contribution < 1.29 is 46.2 Å². The van der Waals surface area contributed by atoms with Gasteiger partial charge < -0.3 is 19.5 Å².